The molecule has 0 unspecified atom stereocenters. The molecule has 3 rings (SSSR count). The van der Waals surface area contributed by atoms with Gasteiger partial charge in [-0.25, -0.2) is 4.79 Å². The highest BCUT2D eigenvalue weighted by atomic mass is 32.1. The summed E-state index contributed by atoms with van der Waals surface area (Å²) < 4.78 is 5.76. The van der Waals surface area contributed by atoms with Crippen molar-refractivity contribution in [2.24, 2.45) is 0 Å². The third-order valence-electron chi connectivity index (χ3n) is 4.54. The summed E-state index contributed by atoms with van der Waals surface area (Å²) in [5.74, 6) is 0.786. The average molecular weight is 411 g/mol. The molecule has 2 aromatic carbocycles. The van der Waals surface area contributed by atoms with Gasteiger partial charge in [-0.3, -0.25) is 5.32 Å². The number of amides is 2. The van der Waals surface area contributed by atoms with Gasteiger partial charge in [-0.15, -0.1) is 10.2 Å². The zero-order valence-electron chi connectivity index (χ0n) is 17.4. The molecular weight excluding hydrogens is 384 g/mol. The number of anilines is 2. The van der Waals surface area contributed by atoms with Crippen LogP contribution in [0.2, 0.25) is 0 Å². The van der Waals surface area contributed by atoms with E-state index in [0.717, 1.165) is 11.4 Å². The molecule has 0 fully saturated rings. The summed E-state index contributed by atoms with van der Waals surface area (Å²) in [7, 11) is 0. The molecule has 0 saturated carbocycles. The quantitative estimate of drug-likeness (QED) is 0.568. The number of aryl methyl sites for hydroxylation is 2. The summed E-state index contributed by atoms with van der Waals surface area (Å²) in [6.07, 6.45) is 0. The van der Waals surface area contributed by atoms with Gasteiger partial charge in [0.15, 0.2) is 5.01 Å². The van der Waals surface area contributed by atoms with E-state index in [1.54, 1.807) is 0 Å². The number of nitrogens with zero attached hydrogens (tertiary/aromatic N) is 2. The topological polar surface area (TPSA) is 76.1 Å². The molecule has 1 heterocycles. The maximum Gasteiger partial charge on any atom is 0.325 e. The maximum atomic E-state index is 12.2. The predicted octanol–water partition coefficient (Wildman–Crippen LogP) is 5.68. The molecule has 7 heteroatoms. The van der Waals surface area contributed by atoms with Crippen LogP contribution >= 0.6 is 11.3 Å². The minimum Gasteiger partial charge on any atom is -0.486 e. The molecule has 6 nitrogen and oxygen atoms in total. The minimum absolute atomic E-state index is 0.0725. The Hall–Kier alpha value is -2.93. The predicted molar refractivity (Wildman–Crippen MR) is 118 cm³/mol. The van der Waals surface area contributed by atoms with Gasteiger partial charge in [0.2, 0.25) is 5.13 Å². The first-order chi connectivity index (χ1) is 13.7. The first-order valence-corrected chi connectivity index (χ1v) is 10.2. The lowest BCUT2D eigenvalue weighted by molar-refractivity contribution is 0.262. The second-order valence-corrected chi connectivity index (χ2v) is 9.00. The SMILES string of the molecule is Cc1ccc(OCc2nnc(NC(=O)Nc3ccc(C(C)(C)C)cc3)s2)cc1C. The van der Waals surface area contributed by atoms with E-state index in [4.69, 9.17) is 4.74 Å². The van der Waals surface area contributed by atoms with Gasteiger partial charge in [0, 0.05) is 5.69 Å². The summed E-state index contributed by atoms with van der Waals surface area (Å²) >= 11 is 1.29. The van der Waals surface area contributed by atoms with E-state index in [-0.39, 0.29) is 11.4 Å². The Labute approximate surface area is 175 Å². The van der Waals surface area contributed by atoms with Crippen LogP contribution in [0.25, 0.3) is 0 Å². The fourth-order valence-corrected chi connectivity index (χ4v) is 3.27. The number of aromatic nitrogens is 2. The molecule has 0 aliphatic heterocycles. The number of nitrogens with one attached hydrogen (secondary N) is 2. The molecule has 2 N–H and O–H groups in total. The second kappa shape index (κ2) is 8.61. The first kappa shape index (κ1) is 20.8. The molecule has 0 atom stereocenters. The van der Waals surface area contributed by atoms with E-state index in [1.807, 2.05) is 49.4 Å². The van der Waals surface area contributed by atoms with Gasteiger partial charge in [0.25, 0.3) is 0 Å². The van der Waals surface area contributed by atoms with Crippen molar-refractivity contribution >= 4 is 28.2 Å². The Balaban J connectivity index is 1.52. The lowest BCUT2D eigenvalue weighted by Crippen LogP contribution is -2.19. The Morgan fingerprint density at radius 3 is 2.38 bits per heavy atom. The van der Waals surface area contributed by atoms with Gasteiger partial charge in [-0.2, -0.15) is 0 Å². The van der Waals surface area contributed by atoms with Crippen LogP contribution < -0.4 is 15.4 Å². The average Bonchev–Trinajstić information content (AvgIpc) is 3.09. The van der Waals surface area contributed by atoms with Crippen LogP contribution in [0.15, 0.2) is 42.5 Å². The van der Waals surface area contributed by atoms with Crippen LogP contribution in [0.3, 0.4) is 0 Å². The van der Waals surface area contributed by atoms with Crippen LogP contribution in [0.1, 0.15) is 42.5 Å². The second-order valence-electron chi connectivity index (χ2n) is 7.94. The lowest BCUT2D eigenvalue weighted by atomic mass is 9.87. The fraction of sp³-hybridized carbons (Fsp3) is 0.318. The minimum atomic E-state index is -0.355. The fourth-order valence-electron chi connectivity index (χ4n) is 2.62. The van der Waals surface area contributed by atoms with Crippen LogP contribution in [0.4, 0.5) is 15.6 Å². The van der Waals surface area contributed by atoms with Crippen LogP contribution in [0.5, 0.6) is 5.75 Å². The number of hydrogen-bond donors (Lipinski definition) is 2. The Bertz CT molecular complexity index is 991. The smallest absolute Gasteiger partial charge is 0.325 e. The van der Waals surface area contributed by atoms with Crippen molar-refractivity contribution in [3.05, 3.63) is 64.2 Å². The molecule has 152 valence electrons. The molecule has 0 radical (unpaired) electrons. The van der Waals surface area contributed by atoms with E-state index in [0.29, 0.717) is 16.7 Å². The summed E-state index contributed by atoms with van der Waals surface area (Å²) in [6, 6.07) is 13.4. The Morgan fingerprint density at radius 1 is 1.00 bits per heavy atom. The van der Waals surface area contributed by atoms with E-state index in [9.17, 15) is 4.79 Å². The third-order valence-corrected chi connectivity index (χ3v) is 5.35. The van der Waals surface area contributed by atoms with Crippen molar-refractivity contribution < 1.29 is 9.53 Å². The van der Waals surface area contributed by atoms with E-state index >= 15 is 0 Å². The van der Waals surface area contributed by atoms with Gasteiger partial charge in [0.05, 0.1) is 0 Å². The highest BCUT2D eigenvalue weighted by molar-refractivity contribution is 7.15. The summed E-state index contributed by atoms with van der Waals surface area (Å²) in [6.45, 7) is 10.9. The molecule has 0 spiro atoms. The molecule has 29 heavy (non-hydrogen) atoms. The van der Waals surface area contributed by atoms with Crippen molar-refractivity contribution in [3.8, 4) is 5.75 Å². The number of urea groups is 1. The number of ether oxygens (including phenoxy) is 1. The zero-order chi connectivity index (χ0) is 21.0. The van der Waals surface area contributed by atoms with Crippen molar-refractivity contribution in [1.29, 1.82) is 0 Å². The van der Waals surface area contributed by atoms with Crippen molar-refractivity contribution in [2.45, 2.75) is 46.6 Å². The zero-order valence-corrected chi connectivity index (χ0v) is 18.2. The standard InChI is InChI=1S/C22H26N4O2S/c1-14-6-11-18(12-15(14)2)28-13-19-25-26-21(29-19)24-20(27)23-17-9-7-16(8-10-17)22(3,4)5/h6-12H,13H2,1-5H3,(H2,23,24,26,27). The van der Waals surface area contributed by atoms with Crippen molar-refractivity contribution in [1.82, 2.24) is 10.2 Å². The molecule has 0 aliphatic rings. The number of hydrogen-bond acceptors (Lipinski definition) is 5. The summed E-state index contributed by atoms with van der Waals surface area (Å²) in [4.78, 5) is 12.2. The van der Waals surface area contributed by atoms with Gasteiger partial charge in [-0.05, 0) is 60.2 Å². The van der Waals surface area contributed by atoms with Gasteiger partial charge < -0.3 is 10.1 Å². The summed E-state index contributed by atoms with van der Waals surface area (Å²) in [5.41, 5.74) is 4.40. The first-order valence-electron chi connectivity index (χ1n) is 9.42. The number of benzene rings is 2. The van der Waals surface area contributed by atoms with Crippen molar-refractivity contribution in [2.75, 3.05) is 10.6 Å². The molecular formula is C22H26N4O2S. The highest BCUT2D eigenvalue weighted by Gasteiger charge is 2.14. The molecule has 0 aliphatic carbocycles. The van der Waals surface area contributed by atoms with E-state index in [2.05, 4.69) is 48.5 Å². The third kappa shape index (κ3) is 5.77. The Kier molecular flexibility index (Phi) is 6.17. The maximum absolute atomic E-state index is 12.2. The number of rotatable bonds is 5. The Morgan fingerprint density at radius 2 is 1.72 bits per heavy atom. The van der Waals surface area contributed by atoms with E-state index in [1.165, 1.54) is 28.0 Å². The number of carbonyl (C=O) groups excluding carboxylic acids is 1. The highest BCUT2D eigenvalue weighted by Crippen LogP contribution is 2.24. The van der Waals surface area contributed by atoms with Crippen LogP contribution in [-0.4, -0.2) is 16.2 Å². The lowest BCUT2D eigenvalue weighted by Gasteiger charge is -2.19. The molecule has 3 aromatic rings. The molecule has 0 saturated heterocycles. The molecule has 0 bridgehead atoms. The van der Waals surface area contributed by atoms with Crippen LogP contribution in [-0.2, 0) is 12.0 Å². The van der Waals surface area contributed by atoms with Crippen LogP contribution in [0, 0.1) is 13.8 Å². The van der Waals surface area contributed by atoms with Gasteiger partial charge in [-0.1, -0.05) is 50.3 Å². The monoisotopic (exact) mass is 410 g/mol. The molecule has 1 aromatic heterocycles. The van der Waals surface area contributed by atoms with Gasteiger partial charge in [0.1, 0.15) is 12.4 Å². The van der Waals surface area contributed by atoms with Gasteiger partial charge >= 0.3 is 6.03 Å². The largest absolute Gasteiger partial charge is 0.486 e. The molecule has 2 amide bonds. The van der Waals surface area contributed by atoms with Crippen molar-refractivity contribution in [3.63, 3.8) is 0 Å². The summed E-state index contributed by atoms with van der Waals surface area (Å²) in [5, 5.41) is 14.7. The number of carbonyl (C=O) groups is 1. The normalized spacial score (nSPS) is 11.2. The van der Waals surface area contributed by atoms with E-state index < -0.39 is 0 Å².